The molecular weight excluding hydrogens is 372 g/mol. The molecular formula is C21H22N4O2S. The number of nitrogens with two attached hydrogens (primary N) is 2. The van der Waals surface area contributed by atoms with E-state index in [1.54, 1.807) is 0 Å². The van der Waals surface area contributed by atoms with E-state index in [0.29, 0.717) is 17.1 Å². The minimum Gasteiger partial charge on any atom is -0.365 e. The molecule has 0 fully saturated rings. The summed E-state index contributed by atoms with van der Waals surface area (Å²) in [6.45, 7) is 1.48. The molecule has 2 aromatic carbocycles. The third-order valence-electron chi connectivity index (χ3n) is 4.33. The fraction of sp³-hybridized carbons (Fsp3) is 0.143. The first-order valence-electron chi connectivity index (χ1n) is 8.87. The monoisotopic (exact) mass is 394 g/mol. The molecule has 3 aromatic rings. The standard InChI is InChI=1S/C21H22N4O2S/c22-19(26)18-17(13-28-20(18)25-21(23)27)16-9-5-4-8-15(16)12-24-11-10-14-6-2-1-3-7-14/h1-9,13,24H,10-12H2,(H2,22,26)(H3,23,25,27). The summed E-state index contributed by atoms with van der Waals surface area (Å²) in [5, 5.41) is 8.10. The van der Waals surface area contributed by atoms with Crippen LogP contribution in [0.5, 0.6) is 0 Å². The molecule has 3 amide bonds. The lowest BCUT2D eigenvalue weighted by molar-refractivity contribution is 0.100. The van der Waals surface area contributed by atoms with E-state index in [0.717, 1.165) is 24.1 Å². The van der Waals surface area contributed by atoms with E-state index >= 15 is 0 Å². The number of rotatable bonds is 8. The Morgan fingerprint density at radius 1 is 0.929 bits per heavy atom. The number of nitrogens with one attached hydrogen (secondary N) is 2. The topological polar surface area (TPSA) is 110 Å². The Morgan fingerprint density at radius 3 is 2.36 bits per heavy atom. The van der Waals surface area contributed by atoms with Gasteiger partial charge in [0, 0.05) is 17.5 Å². The molecule has 0 aliphatic heterocycles. The van der Waals surface area contributed by atoms with Crippen LogP contribution in [0.15, 0.2) is 60.0 Å². The van der Waals surface area contributed by atoms with Crippen molar-refractivity contribution in [2.24, 2.45) is 11.5 Å². The Hall–Kier alpha value is -3.16. The molecule has 144 valence electrons. The Balaban J connectivity index is 1.77. The van der Waals surface area contributed by atoms with Crippen LogP contribution in [0.25, 0.3) is 11.1 Å². The molecule has 7 heteroatoms. The highest BCUT2D eigenvalue weighted by Gasteiger charge is 2.20. The molecule has 0 aliphatic rings. The number of carbonyl (C=O) groups excluding carboxylic acids is 2. The summed E-state index contributed by atoms with van der Waals surface area (Å²) >= 11 is 1.23. The summed E-state index contributed by atoms with van der Waals surface area (Å²) in [6, 6.07) is 17.4. The van der Waals surface area contributed by atoms with Crippen molar-refractivity contribution >= 4 is 28.3 Å². The summed E-state index contributed by atoms with van der Waals surface area (Å²) in [6.07, 6.45) is 0.931. The zero-order chi connectivity index (χ0) is 19.9. The molecule has 3 rings (SSSR count). The summed E-state index contributed by atoms with van der Waals surface area (Å²) in [5.41, 5.74) is 15.0. The Kier molecular flexibility index (Phi) is 6.41. The zero-order valence-corrected chi connectivity index (χ0v) is 16.1. The molecule has 0 radical (unpaired) electrons. The van der Waals surface area contributed by atoms with E-state index in [9.17, 15) is 9.59 Å². The molecule has 0 saturated carbocycles. The van der Waals surface area contributed by atoms with Crippen molar-refractivity contribution in [1.29, 1.82) is 0 Å². The predicted octanol–water partition coefficient (Wildman–Crippen LogP) is 3.34. The van der Waals surface area contributed by atoms with Gasteiger partial charge in [0.25, 0.3) is 5.91 Å². The SMILES string of the molecule is NC(=O)Nc1scc(-c2ccccc2CNCCc2ccccc2)c1C(N)=O. The van der Waals surface area contributed by atoms with Crippen molar-refractivity contribution in [3.05, 3.63) is 76.7 Å². The molecule has 0 unspecified atom stereocenters. The van der Waals surface area contributed by atoms with Crippen LogP contribution in [0, 0.1) is 0 Å². The van der Waals surface area contributed by atoms with E-state index in [-0.39, 0.29) is 5.56 Å². The fourth-order valence-electron chi connectivity index (χ4n) is 3.04. The second-order valence-electron chi connectivity index (χ2n) is 6.28. The van der Waals surface area contributed by atoms with Crippen molar-refractivity contribution in [2.45, 2.75) is 13.0 Å². The van der Waals surface area contributed by atoms with Crippen molar-refractivity contribution in [2.75, 3.05) is 11.9 Å². The van der Waals surface area contributed by atoms with Crippen molar-refractivity contribution < 1.29 is 9.59 Å². The van der Waals surface area contributed by atoms with Crippen LogP contribution in [0.3, 0.4) is 0 Å². The normalized spacial score (nSPS) is 10.6. The number of amides is 3. The summed E-state index contributed by atoms with van der Waals surface area (Å²) in [5.74, 6) is -0.605. The van der Waals surface area contributed by atoms with Gasteiger partial charge in [0.1, 0.15) is 5.00 Å². The first-order chi connectivity index (χ1) is 13.6. The number of anilines is 1. The molecule has 1 heterocycles. The first-order valence-corrected chi connectivity index (χ1v) is 9.75. The predicted molar refractivity (Wildman–Crippen MR) is 113 cm³/mol. The minimum absolute atomic E-state index is 0.278. The second kappa shape index (κ2) is 9.16. The molecule has 0 aliphatic carbocycles. The highest BCUT2D eigenvalue weighted by atomic mass is 32.1. The van der Waals surface area contributed by atoms with E-state index in [1.165, 1.54) is 16.9 Å². The van der Waals surface area contributed by atoms with E-state index in [4.69, 9.17) is 11.5 Å². The average molecular weight is 395 g/mol. The van der Waals surface area contributed by atoms with Gasteiger partial charge in [-0.2, -0.15) is 0 Å². The van der Waals surface area contributed by atoms with E-state index in [1.807, 2.05) is 47.8 Å². The second-order valence-corrected chi connectivity index (χ2v) is 7.16. The van der Waals surface area contributed by atoms with Crippen LogP contribution < -0.4 is 22.1 Å². The Morgan fingerprint density at radius 2 is 1.64 bits per heavy atom. The highest BCUT2D eigenvalue weighted by Crippen LogP contribution is 2.36. The summed E-state index contributed by atoms with van der Waals surface area (Å²) < 4.78 is 0. The van der Waals surface area contributed by atoms with Gasteiger partial charge in [-0.1, -0.05) is 54.6 Å². The van der Waals surface area contributed by atoms with Gasteiger partial charge in [0.2, 0.25) is 0 Å². The van der Waals surface area contributed by atoms with Crippen molar-refractivity contribution in [3.63, 3.8) is 0 Å². The maximum absolute atomic E-state index is 12.0. The number of urea groups is 1. The molecule has 0 bridgehead atoms. The van der Waals surface area contributed by atoms with Gasteiger partial charge >= 0.3 is 6.03 Å². The van der Waals surface area contributed by atoms with Crippen LogP contribution in [0.1, 0.15) is 21.5 Å². The molecule has 1 aromatic heterocycles. The highest BCUT2D eigenvalue weighted by molar-refractivity contribution is 7.15. The lowest BCUT2D eigenvalue weighted by Gasteiger charge is -2.12. The number of benzene rings is 2. The molecule has 28 heavy (non-hydrogen) atoms. The zero-order valence-electron chi connectivity index (χ0n) is 15.3. The molecule has 6 nitrogen and oxygen atoms in total. The first kappa shape index (κ1) is 19.6. The number of hydrogen-bond donors (Lipinski definition) is 4. The Labute approximate surface area is 167 Å². The number of thiophene rings is 1. The lowest BCUT2D eigenvalue weighted by atomic mass is 9.98. The average Bonchev–Trinajstić information content (AvgIpc) is 3.09. The third kappa shape index (κ3) is 4.76. The van der Waals surface area contributed by atoms with E-state index < -0.39 is 11.9 Å². The smallest absolute Gasteiger partial charge is 0.317 e. The molecule has 0 spiro atoms. The molecule has 0 saturated heterocycles. The summed E-state index contributed by atoms with van der Waals surface area (Å²) in [7, 11) is 0. The minimum atomic E-state index is -0.730. The lowest BCUT2D eigenvalue weighted by Crippen LogP contribution is -2.21. The van der Waals surface area contributed by atoms with Gasteiger partial charge in [0.15, 0.2) is 0 Å². The van der Waals surface area contributed by atoms with Gasteiger partial charge < -0.3 is 16.8 Å². The van der Waals surface area contributed by atoms with Gasteiger partial charge in [-0.15, -0.1) is 11.3 Å². The van der Waals surface area contributed by atoms with Crippen LogP contribution in [0.2, 0.25) is 0 Å². The van der Waals surface area contributed by atoms with E-state index in [2.05, 4.69) is 22.8 Å². The maximum Gasteiger partial charge on any atom is 0.317 e. The third-order valence-corrected chi connectivity index (χ3v) is 5.23. The van der Waals surface area contributed by atoms with Gasteiger partial charge in [-0.25, -0.2) is 4.79 Å². The van der Waals surface area contributed by atoms with Crippen LogP contribution >= 0.6 is 11.3 Å². The number of hydrogen-bond acceptors (Lipinski definition) is 4. The van der Waals surface area contributed by atoms with Gasteiger partial charge in [0.05, 0.1) is 5.56 Å². The molecule has 6 N–H and O–H groups in total. The van der Waals surface area contributed by atoms with Crippen molar-refractivity contribution in [1.82, 2.24) is 5.32 Å². The van der Waals surface area contributed by atoms with Crippen molar-refractivity contribution in [3.8, 4) is 11.1 Å². The van der Waals surface area contributed by atoms with Crippen LogP contribution in [0.4, 0.5) is 9.80 Å². The van der Waals surface area contributed by atoms with Crippen LogP contribution in [-0.4, -0.2) is 18.5 Å². The molecule has 0 atom stereocenters. The van der Waals surface area contributed by atoms with Gasteiger partial charge in [-0.3, -0.25) is 10.1 Å². The van der Waals surface area contributed by atoms with Gasteiger partial charge in [-0.05, 0) is 29.7 Å². The van der Waals surface area contributed by atoms with Crippen LogP contribution in [-0.2, 0) is 13.0 Å². The maximum atomic E-state index is 12.0. The fourth-order valence-corrected chi connectivity index (χ4v) is 4.01. The quantitative estimate of drug-likeness (QED) is 0.440. The largest absolute Gasteiger partial charge is 0.365 e. The number of primary amides is 2. The Bertz CT molecular complexity index is 970. The number of carbonyl (C=O) groups is 2. The summed E-state index contributed by atoms with van der Waals surface area (Å²) in [4.78, 5) is 23.2.